The second kappa shape index (κ2) is 6.16. The molecule has 5 nitrogen and oxygen atoms in total. The quantitative estimate of drug-likeness (QED) is 0.875. The fourth-order valence-corrected chi connectivity index (χ4v) is 3.29. The van der Waals surface area contributed by atoms with Crippen LogP contribution in [0.3, 0.4) is 0 Å². The Kier molecular flexibility index (Phi) is 4.17. The molecule has 5 heteroatoms. The highest BCUT2D eigenvalue weighted by Gasteiger charge is 2.32. The van der Waals surface area contributed by atoms with E-state index in [-0.39, 0.29) is 28.5 Å². The number of benzene rings is 2. The molecule has 1 aliphatic rings. The first kappa shape index (κ1) is 16.9. The normalized spacial score (nSPS) is 13.0. The van der Waals surface area contributed by atoms with Crippen LogP contribution in [0.2, 0.25) is 0 Å². The highest BCUT2D eigenvalue weighted by molar-refractivity contribution is 6.26. The van der Waals surface area contributed by atoms with Gasteiger partial charge in [-0.15, -0.1) is 0 Å². The molecule has 3 rings (SSSR count). The number of aryl methyl sites for hydroxylation is 1. The van der Waals surface area contributed by atoms with Crippen molar-refractivity contribution >= 4 is 23.4 Å². The molecule has 0 saturated carbocycles. The molecule has 0 radical (unpaired) electrons. The zero-order valence-electron chi connectivity index (χ0n) is 14.7. The topological polar surface area (TPSA) is 66.5 Å². The van der Waals surface area contributed by atoms with Crippen LogP contribution in [0.4, 0.5) is 5.69 Å². The van der Waals surface area contributed by atoms with Crippen LogP contribution < -0.4 is 10.2 Å². The van der Waals surface area contributed by atoms with Gasteiger partial charge < -0.3 is 4.90 Å². The van der Waals surface area contributed by atoms with E-state index in [9.17, 15) is 14.4 Å². The Bertz CT molecular complexity index is 900. The number of imide groups is 1. The Morgan fingerprint density at radius 2 is 1.72 bits per heavy atom. The average molecular weight is 336 g/mol. The lowest BCUT2D eigenvalue weighted by Crippen LogP contribution is -2.30. The van der Waals surface area contributed by atoms with Gasteiger partial charge >= 0.3 is 0 Å². The van der Waals surface area contributed by atoms with Crippen LogP contribution in [-0.2, 0) is 0 Å². The fraction of sp³-hybridized carbons (Fsp3) is 0.250. The molecule has 0 bridgehead atoms. The van der Waals surface area contributed by atoms with Gasteiger partial charge in [-0.1, -0.05) is 38.1 Å². The van der Waals surface area contributed by atoms with E-state index in [1.165, 1.54) is 0 Å². The monoisotopic (exact) mass is 336 g/mol. The van der Waals surface area contributed by atoms with E-state index in [0.717, 1.165) is 16.8 Å². The lowest BCUT2D eigenvalue weighted by atomic mass is 9.96. The van der Waals surface area contributed by atoms with E-state index in [1.807, 2.05) is 25.1 Å². The zero-order valence-corrected chi connectivity index (χ0v) is 14.7. The number of para-hydroxylation sites is 1. The summed E-state index contributed by atoms with van der Waals surface area (Å²) in [5.74, 6) is -1.04. The summed E-state index contributed by atoms with van der Waals surface area (Å²) in [6.07, 6.45) is 0. The summed E-state index contributed by atoms with van der Waals surface area (Å²) >= 11 is 0. The molecule has 0 fully saturated rings. The molecule has 1 aliphatic heterocycles. The number of carbonyl (C=O) groups excluding carboxylic acids is 3. The van der Waals surface area contributed by atoms with Crippen LogP contribution in [-0.4, -0.2) is 24.8 Å². The number of anilines is 1. The predicted molar refractivity (Wildman–Crippen MR) is 96.2 cm³/mol. The third-order valence-electron chi connectivity index (χ3n) is 4.52. The van der Waals surface area contributed by atoms with E-state index in [0.29, 0.717) is 0 Å². The van der Waals surface area contributed by atoms with Gasteiger partial charge in [0.2, 0.25) is 0 Å². The van der Waals surface area contributed by atoms with Crippen molar-refractivity contribution in [2.45, 2.75) is 26.7 Å². The van der Waals surface area contributed by atoms with Gasteiger partial charge in [0.15, 0.2) is 0 Å². The standard InChI is InChI=1S/C20H20N2O3/c1-11(2)13-8-5-7-12(3)17(13)22(4)20(25)15-10-6-9-14-16(15)19(24)21-18(14)23/h5-11H,1-4H3,(H,21,23,24). The molecule has 0 atom stereocenters. The summed E-state index contributed by atoms with van der Waals surface area (Å²) in [6.45, 7) is 6.10. The maximum absolute atomic E-state index is 13.1. The molecule has 0 aromatic heterocycles. The minimum Gasteiger partial charge on any atom is -0.311 e. The van der Waals surface area contributed by atoms with Crippen LogP contribution in [0.5, 0.6) is 0 Å². The summed E-state index contributed by atoms with van der Waals surface area (Å²) in [5.41, 5.74) is 3.52. The van der Waals surface area contributed by atoms with Gasteiger partial charge in [-0.25, -0.2) is 0 Å². The highest BCUT2D eigenvalue weighted by atomic mass is 16.2. The molecule has 0 saturated heterocycles. The minimum absolute atomic E-state index is 0.157. The summed E-state index contributed by atoms with van der Waals surface area (Å²) in [7, 11) is 1.70. The third kappa shape index (κ3) is 2.71. The van der Waals surface area contributed by atoms with Gasteiger partial charge in [0.25, 0.3) is 17.7 Å². The van der Waals surface area contributed by atoms with Crippen molar-refractivity contribution < 1.29 is 14.4 Å². The van der Waals surface area contributed by atoms with Gasteiger partial charge in [0, 0.05) is 12.7 Å². The van der Waals surface area contributed by atoms with E-state index in [4.69, 9.17) is 0 Å². The van der Waals surface area contributed by atoms with Gasteiger partial charge in [0.1, 0.15) is 0 Å². The molecule has 128 valence electrons. The second-order valence-electron chi connectivity index (χ2n) is 6.54. The van der Waals surface area contributed by atoms with Crippen molar-refractivity contribution in [1.82, 2.24) is 5.32 Å². The number of amides is 3. The van der Waals surface area contributed by atoms with E-state index >= 15 is 0 Å². The Labute approximate surface area is 146 Å². The number of fused-ring (bicyclic) bond motifs is 1. The summed E-state index contributed by atoms with van der Waals surface area (Å²) in [6, 6.07) is 10.7. The third-order valence-corrected chi connectivity index (χ3v) is 4.52. The zero-order chi connectivity index (χ0) is 18.3. The first-order chi connectivity index (χ1) is 11.8. The van der Waals surface area contributed by atoms with Crippen molar-refractivity contribution in [2.24, 2.45) is 0 Å². The molecule has 3 amide bonds. The maximum atomic E-state index is 13.1. The molecular formula is C20H20N2O3. The molecule has 0 unspecified atom stereocenters. The Morgan fingerprint density at radius 1 is 1.04 bits per heavy atom. The Balaban J connectivity index is 2.10. The number of nitrogens with zero attached hydrogens (tertiary/aromatic N) is 1. The summed E-state index contributed by atoms with van der Waals surface area (Å²) < 4.78 is 0. The van der Waals surface area contributed by atoms with E-state index < -0.39 is 11.8 Å². The number of nitrogens with one attached hydrogen (secondary N) is 1. The molecule has 2 aromatic carbocycles. The lowest BCUT2D eigenvalue weighted by Gasteiger charge is -2.25. The van der Waals surface area contributed by atoms with Crippen molar-refractivity contribution in [2.75, 3.05) is 11.9 Å². The molecule has 2 aromatic rings. The summed E-state index contributed by atoms with van der Waals surface area (Å²) in [4.78, 5) is 38.6. The van der Waals surface area contributed by atoms with Crippen molar-refractivity contribution in [3.63, 3.8) is 0 Å². The lowest BCUT2D eigenvalue weighted by molar-refractivity contribution is 0.0874. The first-order valence-electron chi connectivity index (χ1n) is 8.19. The van der Waals surface area contributed by atoms with E-state index in [2.05, 4.69) is 19.2 Å². The highest BCUT2D eigenvalue weighted by Crippen LogP contribution is 2.32. The van der Waals surface area contributed by atoms with Crippen molar-refractivity contribution in [3.8, 4) is 0 Å². The van der Waals surface area contributed by atoms with E-state index in [1.54, 1.807) is 30.1 Å². The van der Waals surface area contributed by atoms with Crippen LogP contribution in [0.15, 0.2) is 36.4 Å². The predicted octanol–water partition coefficient (Wildman–Crippen LogP) is 3.28. The molecular weight excluding hydrogens is 316 g/mol. The Hall–Kier alpha value is -2.95. The smallest absolute Gasteiger partial charge is 0.259 e. The van der Waals surface area contributed by atoms with Crippen LogP contribution in [0.25, 0.3) is 0 Å². The first-order valence-corrected chi connectivity index (χ1v) is 8.19. The van der Waals surface area contributed by atoms with Crippen molar-refractivity contribution in [3.05, 3.63) is 64.2 Å². The van der Waals surface area contributed by atoms with Gasteiger partial charge in [0.05, 0.1) is 16.7 Å². The van der Waals surface area contributed by atoms with Gasteiger partial charge in [-0.2, -0.15) is 0 Å². The SMILES string of the molecule is Cc1cccc(C(C)C)c1N(C)C(=O)c1cccc2c1C(=O)NC2=O. The molecule has 0 spiro atoms. The molecule has 1 heterocycles. The number of carbonyl (C=O) groups is 3. The molecule has 0 aliphatic carbocycles. The fourth-order valence-electron chi connectivity index (χ4n) is 3.29. The summed E-state index contributed by atoms with van der Waals surface area (Å²) in [5, 5.41) is 2.25. The van der Waals surface area contributed by atoms with Gasteiger partial charge in [-0.3, -0.25) is 19.7 Å². The molecule has 1 N–H and O–H groups in total. The number of rotatable bonds is 3. The number of hydrogen-bond acceptors (Lipinski definition) is 3. The van der Waals surface area contributed by atoms with Crippen LogP contribution >= 0.6 is 0 Å². The average Bonchev–Trinajstić information content (AvgIpc) is 2.88. The molecule has 25 heavy (non-hydrogen) atoms. The van der Waals surface area contributed by atoms with Gasteiger partial charge in [-0.05, 0) is 36.1 Å². The minimum atomic E-state index is -0.522. The largest absolute Gasteiger partial charge is 0.311 e. The second-order valence-corrected chi connectivity index (χ2v) is 6.54. The maximum Gasteiger partial charge on any atom is 0.259 e. The number of hydrogen-bond donors (Lipinski definition) is 1. The van der Waals surface area contributed by atoms with Crippen LogP contribution in [0, 0.1) is 6.92 Å². The van der Waals surface area contributed by atoms with Crippen LogP contribution in [0.1, 0.15) is 62.0 Å². The van der Waals surface area contributed by atoms with Crippen molar-refractivity contribution in [1.29, 1.82) is 0 Å². The Morgan fingerprint density at radius 3 is 2.40 bits per heavy atom.